The second kappa shape index (κ2) is 11.4. The maximum atomic E-state index is 13.8. The highest BCUT2D eigenvalue weighted by atomic mass is 19.1. The van der Waals surface area contributed by atoms with Gasteiger partial charge in [0.2, 0.25) is 0 Å². The van der Waals surface area contributed by atoms with E-state index in [1.165, 1.54) is 23.3 Å². The van der Waals surface area contributed by atoms with Gasteiger partial charge in [-0.3, -0.25) is 0 Å². The fourth-order valence-electron chi connectivity index (χ4n) is 4.39. The molecule has 0 saturated heterocycles. The van der Waals surface area contributed by atoms with Crippen LogP contribution in [0, 0.1) is 11.6 Å². The average molecular weight is 490 g/mol. The Labute approximate surface area is 206 Å². The number of nitrogens with one attached hydrogen (secondary N) is 2. The molecule has 1 amide bonds. The molecular weight excluding hydrogens is 452 g/mol. The maximum Gasteiger partial charge on any atom is 0.407 e. The molecule has 0 bridgehead atoms. The third kappa shape index (κ3) is 7.64. The number of nitrogens with zero attached hydrogens (tertiary/aromatic N) is 1. The number of ether oxygens (including phenoxy) is 1. The van der Waals surface area contributed by atoms with Gasteiger partial charge in [-0.15, -0.1) is 0 Å². The summed E-state index contributed by atoms with van der Waals surface area (Å²) in [7, 11) is 2.06. The van der Waals surface area contributed by atoms with Crippen molar-refractivity contribution >= 4 is 11.8 Å². The molecule has 1 heterocycles. The minimum Gasteiger partial charge on any atom is -0.444 e. The highest BCUT2D eigenvalue weighted by Gasteiger charge is 2.28. The molecule has 3 atom stereocenters. The van der Waals surface area contributed by atoms with Gasteiger partial charge in [-0.2, -0.15) is 0 Å². The number of aliphatic hydroxyl groups is 1. The second-order valence-corrected chi connectivity index (χ2v) is 10.2. The summed E-state index contributed by atoms with van der Waals surface area (Å²) in [6.07, 6.45) is 0.115. The molecule has 1 unspecified atom stereocenters. The van der Waals surface area contributed by atoms with Crippen LogP contribution in [0.1, 0.15) is 56.8 Å². The predicted octanol–water partition coefficient (Wildman–Crippen LogP) is 4.49. The Hall–Kier alpha value is -2.71. The number of aryl methyl sites for hydroxylation is 1. The Balaban J connectivity index is 1.75. The number of hydrogen-bond donors (Lipinski definition) is 3. The van der Waals surface area contributed by atoms with Gasteiger partial charge in [-0.1, -0.05) is 19.1 Å². The highest BCUT2D eigenvalue weighted by Crippen LogP contribution is 2.34. The van der Waals surface area contributed by atoms with Gasteiger partial charge in [0.05, 0.1) is 12.1 Å². The number of fused-ring (bicyclic) bond motifs is 1. The molecule has 6 nitrogen and oxygen atoms in total. The largest absolute Gasteiger partial charge is 0.444 e. The smallest absolute Gasteiger partial charge is 0.407 e. The fraction of sp³-hybridized carbons (Fsp3) is 0.519. The Kier molecular flexibility index (Phi) is 8.72. The van der Waals surface area contributed by atoms with Gasteiger partial charge >= 0.3 is 6.09 Å². The Morgan fingerprint density at radius 3 is 2.49 bits per heavy atom. The lowest BCUT2D eigenvalue weighted by molar-refractivity contribution is 0.0419. The number of rotatable bonds is 8. The van der Waals surface area contributed by atoms with Gasteiger partial charge in [0.25, 0.3) is 0 Å². The van der Waals surface area contributed by atoms with Crippen LogP contribution in [0.25, 0.3) is 0 Å². The number of anilines is 1. The molecule has 2 aromatic carbocycles. The molecule has 1 aliphatic rings. The van der Waals surface area contributed by atoms with Crippen molar-refractivity contribution in [2.75, 3.05) is 25.0 Å². The van der Waals surface area contributed by atoms with E-state index >= 15 is 0 Å². The van der Waals surface area contributed by atoms with Crippen molar-refractivity contribution in [1.82, 2.24) is 10.6 Å². The third-order valence-electron chi connectivity index (χ3n) is 6.16. The zero-order chi connectivity index (χ0) is 25.8. The van der Waals surface area contributed by atoms with Gasteiger partial charge in [0, 0.05) is 37.9 Å². The van der Waals surface area contributed by atoms with Crippen molar-refractivity contribution in [3.05, 3.63) is 64.7 Å². The standard InChI is InChI=1S/C27H37F2N3O3/c1-6-17-7-8-24-21(13-17)22(9-10-32(24)5)30-16-25(33)23(31-26(34)35-27(2,3)4)14-18-11-19(28)15-20(29)12-18/h7-8,11-13,15,22-23,25,30,33H,6,9-10,14,16H2,1-5H3,(H,31,34)/t22?,23-,25+/m0/s1. The zero-order valence-electron chi connectivity index (χ0n) is 21.2. The summed E-state index contributed by atoms with van der Waals surface area (Å²) in [4.78, 5) is 14.7. The topological polar surface area (TPSA) is 73.8 Å². The molecule has 0 aliphatic carbocycles. The first-order valence-electron chi connectivity index (χ1n) is 12.1. The summed E-state index contributed by atoms with van der Waals surface area (Å²) < 4.78 is 32.9. The molecule has 1 aliphatic heterocycles. The number of benzene rings is 2. The number of amides is 1. The first-order chi connectivity index (χ1) is 16.4. The third-order valence-corrected chi connectivity index (χ3v) is 6.16. The van der Waals surface area contributed by atoms with Crippen LogP contribution in [0.5, 0.6) is 0 Å². The number of aliphatic hydroxyl groups excluding tert-OH is 1. The van der Waals surface area contributed by atoms with E-state index in [0.717, 1.165) is 31.1 Å². The first kappa shape index (κ1) is 26.9. The second-order valence-electron chi connectivity index (χ2n) is 10.2. The van der Waals surface area contributed by atoms with Crippen LogP contribution in [-0.2, 0) is 17.6 Å². The van der Waals surface area contributed by atoms with Crippen molar-refractivity contribution in [1.29, 1.82) is 0 Å². The number of carbonyl (C=O) groups is 1. The zero-order valence-corrected chi connectivity index (χ0v) is 21.2. The van der Waals surface area contributed by atoms with Crippen LogP contribution in [0.2, 0.25) is 0 Å². The van der Waals surface area contributed by atoms with Crippen molar-refractivity contribution in [3.8, 4) is 0 Å². The molecule has 0 saturated carbocycles. The van der Waals surface area contributed by atoms with E-state index in [4.69, 9.17) is 4.74 Å². The Morgan fingerprint density at radius 2 is 1.86 bits per heavy atom. The monoisotopic (exact) mass is 489 g/mol. The normalized spacial score (nSPS) is 17.5. The minimum atomic E-state index is -1.02. The lowest BCUT2D eigenvalue weighted by Crippen LogP contribution is -2.50. The van der Waals surface area contributed by atoms with Crippen LogP contribution in [0.4, 0.5) is 19.3 Å². The predicted molar refractivity (Wildman–Crippen MR) is 134 cm³/mol. The minimum absolute atomic E-state index is 0.0381. The first-order valence-corrected chi connectivity index (χ1v) is 12.1. The van der Waals surface area contributed by atoms with E-state index in [-0.39, 0.29) is 19.0 Å². The summed E-state index contributed by atoms with van der Waals surface area (Å²) in [6.45, 7) is 8.39. The molecule has 0 radical (unpaired) electrons. The Morgan fingerprint density at radius 1 is 1.17 bits per heavy atom. The summed E-state index contributed by atoms with van der Waals surface area (Å²) in [5.74, 6) is -1.42. The van der Waals surface area contributed by atoms with Crippen molar-refractivity contribution in [2.45, 2.75) is 70.7 Å². The summed E-state index contributed by atoms with van der Waals surface area (Å²) >= 11 is 0. The quantitative estimate of drug-likeness (QED) is 0.509. The molecule has 0 aromatic heterocycles. The molecule has 3 rings (SSSR count). The van der Waals surface area contributed by atoms with Crippen molar-refractivity contribution in [2.24, 2.45) is 0 Å². The molecule has 0 fully saturated rings. The summed E-state index contributed by atoms with van der Waals surface area (Å²) in [5, 5.41) is 17.2. The van der Waals surface area contributed by atoms with Gasteiger partial charge in [0.15, 0.2) is 0 Å². The summed E-state index contributed by atoms with van der Waals surface area (Å²) in [5.41, 5.74) is 3.18. The fourth-order valence-corrected chi connectivity index (χ4v) is 4.39. The van der Waals surface area contributed by atoms with Crippen molar-refractivity contribution < 1.29 is 23.4 Å². The SMILES string of the molecule is CCc1ccc2c(c1)C(NC[C@@H](O)[C@H](Cc1cc(F)cc(F)c1)NC(=O)OC(C)(C)C)CCN2C. The van der Waals surface area contributed by atoms with Crippen LogP contribution >= 0.6 is 0 Å². The van der Waals surface area contributed by atoms with Crippen LogP contribution < -0.4 is 15.5 Å². The number of carbonyl (C=O) groups excluding carboxylic acids is 1. The van der Waals surface area contributed by atoms with Crippen LogP contribution in [0.15, 0.2) is 36.4 Å². The molecule has 35 heavy (non-hydrogen) atoms. The molecular formula is C27H37F2N3O3. The number of hydrogen-bond acceptors (Lipinski definition) is 5. The molecule has 2 aromatic rings. The highest BCUT2D eigenvalue weighted by molar-refractivity contribution is 5.68. The summed E-state index contributed by atoms with van der Waals surface area (Å²) in [6, 6.07) is 8.87. The molecule has 3 N–H and O–H groups in total. The molecule has 192 valence electrons. The van der Waals surface area contributed by atoms with E-state index in [1.54, 1.807) is 20.8 Å². The van der Waals surface area contributed by atoms with E-state index < -0.39 is 35.5 Å². The lowest BCUT2D eigenvalue weighted by Gasteiger charge is -2.35. The lowest BCUT2D eigenvalue weighted by atomic mass is 9.93. The molecule has 0 spiro atoms. The number of halogens is 2. The van der Waals surface area contributed by atoms with Gasteiger partial charge in [-0.05, 0) is 74.9 Å². The van der Waals surface area contributed by atoms with Crippen molar-refractivity contribution in [3.63, 3.8) is 0 Å². The van der Waals surface area contributed by atoms with E-state index in [2.05, 4.69) is 47.7 Å². The van der Waals surface area contributed by atoms with Crippen LogP contribution in [0.3, 0.4) is 0 Å². The van der Waals surface area contributed by atoms with Gasteiger partial charge < -0.3 is 25.4 Å². The van der Waals surface area contributed by atoms with Gasteiger partial charge in [0.1, 0.15) is 17.2 Å². The average Bonchev–Trinajstić information content (AvgIpc) is 2.75. The van der Waals surface area contributed by atoms with Crippen LogP contribution in [-0.4, -0.2) is 49.1 Å². The maximum absolute atomic E-state index is 13.8. The Bertz CT molecular complexity index is 1000. The number of alkyl carbamates (subject to hydrolysis) is 1. The van der Waals surface area contributed by atoms with E-state index in [1.807, 2.05) is 0 Å². The van der Waals surface area contributed by atoms with Gasteiger partial charge in [-0.25, -0.2) is 13.6 Å². The van der Waals surface area contributed by atoms with E-state index in [9.17, 15) is 18.7 Å². The molecule has 8 heteroatoms. The van der Waals surface area contributed by atoms with E-state index in [0.29, 0.717) is 5.56 Å².